The maximum Gasteiger partial charge on any atom is 0.261 e. The second-order valence-corrected chi connectivity index (χ2v) is 10.8. The van der Waals surface area contributed by atoms with Crippen molar-refractivity contribution in [3.8, 4) is 11.5 Å². The van der Waals surface area contributed by atoms with Gasteiger partial charge in [-0.1, -0.05) is 36.4 Å². The molecule has 0 spiro atoms. The van der Waals surface area contributed by atoms with E-state index in [1.165, 1.54) is 24.3 Å². The van der Waals surface area contributed by atoms with Crippen molar-refractivity contribution < 1.29 is 27.5 Å². The molecule has 4 aromatic carbocycles. The molecule has 0 atom stereocenters. The number of aryl methyl sites for hydroxylation is 1. The number of hydrogen-bond acceptors (Lipinski definition) is 6. The lowest BCUT2D eigenvalue weighted by Crippen LogP contribution is -2.27. The molecular weight excluding hydrogens is 542 g/mol. The van der Waals surface area contributed by atoms with E-state index in [9.17, 15) is 18.0 Å². The van der Waals surface area contributed by atoms with Crippen LogP contribution < -0.4 is 24.8 Å². The molecule has 0 radical (unpaired) electrons. The monoisotopic (exact) mass is 573 g/mol. The van der Waals surface area contributed by atoms with Crippen LogP contribution in [-0.4, -0.2) is 41.0 Å². The molecule has 4 rings (SSSR count). The number of ether oxygens (including phenoxy) is 2. The minimum atomic E-state index is -3.77. The number of sulfonamides is 1. The largest absolute Gasteiger partial charge is 0.493 e. The Hall–Kier alpha value is -4.83. The number of nitrogens with one attached hydrogen (secondary N) is 3. The third kappa shape index (κ3) is 7.23. The quantitative estimate of drug-likeness (QED) is 0.231. The Kier molecular flexibility index (Phi) is 9.26. The average Bonchev–Trinajstić information content (AvgIpc) is 2.98. The molecule has 9 nitrogen and oxygen atoms in total. The molecule has 10 heteroatoms. The van der Waals surface area contributed by atoms with Crippen LogP contribution in [0.5, 0.6) is 11.5 Å². The normalized spacial score (nSPS) is 10.9. The van der Waals surface area contributed by atoms with E-state index < -0.39 is 15.9 Å². The zero-order chi connectivity index (χ0) is 29.4. The van der Waals surface area contributed by atoms with Crippen molar-refractivity contribution in [1.29, 1.82) is 0 Å². The minimum absolute atomic E-state index is 0.139. The number of amides is 2. The fraction of sp³-hybridized carbons (Fsp3) is 0.161. The van der Waals surface area contributed by atoms with E-state index in [1.54, 1.807) is 69.7 Å². The molecule has 3 N–H and O–H groups in total. The molecule has 4 aromatic rings. The number of para-hydroxylation sites is 1. The van der Waals surface area contributed by atoms with E-state index in [1.807, 2.05) is 18.2 Å². The number of anilines is 2. The third-order valence-corrected chi connectivity index (χ3v) is 7.73. The van der Waals surface area contributed by atoms with Crippen molar-refractivity contribution in [1.82, 2.24) is 5.32 Å². The molecule has 0 unspecified atom stereocenters. The molecule has 0 aliphatic carbocycles. The van der Waals surface area contributed by atoms with Gasteiger partial charge in [0.05, 0.1) is 36.1 Å². The Morgan fingerprint density at radius 2 is 1.46 bits per heavy atom. The summed E-state index contributed by atoms with van der Waals surface area (Å²) in [5, 5.41) is 5.69. The summed E-state index contributed by atoms with van der Waals surface area (Å²) >= 11 is 0. The summed E-state index contributed by atoms with van der Waals surface area (Å²) < 4.78 is 38.5. The van der Waals surface area contributed by atoms with Gasteiger partial charge in [0.25, 0.3) is 21.8 Å². The van der Waals surface area contributed by atoms with Crippen molar-refractivity contribution in [2.24, 2.45) is 0 Å². The maximum atomic E-state index is 13.1. The molecule has 0 heterocycles. The third-order valence-electron chi connectivity index (χ3n) is 6.35. The van der Waals surface area contributed by atoms with E-state index >= 15 is 0 Å². The van der Waals surface area contributed by atoms with Crippen LogP contribution in [0.25, 0.3) is 0 Å². The fourth-order valence-electron chi connectivity index (χ4n) is 4.16. The molecule has 0 saturated heterocycles. The predicted molar refractivity (Wildman–Crippen MR) is 158 cm³/mol. The van der Waals surface area contributed by atoms with Gasteiger partial charge in [-0.2, -0.15) is 0 Å². The van der Waals surface area contributed by atoms with Crippen molar-refractivity contribution in [3.63, 3.8) is 0 Å². The summed E-state index contributed by atoms with van der Waals surface area (Å²) in [5.41, 5.74) is 2.88. The number of benzene rings is 4. The molecule has 2 amide bonds. The SMILES string of the molecule is COc1ccc(CCNC(=O)c2ccccc2NC(=O)c2ccc(NS(=O)(=O)c3ccccc3)c(C)c2)cc1OC. The van der Waals surface area contributed by atoms with Crippen molar-refractivity contribution >= 4 is 33.2 Å². The molecule has 0 aromatic heterocycles. The Bertz CT molecular complexity index is 1660. The van der Waals surface area contributed by atoms with Crippen LogP contribution in [0, 0.1) is 6.92 Å². The van der Waals surface area contributed by atoms with Crippen LogP contribution in [0.15, 0.2) is 95.9 Å². The topological polar surface area (TPSA) is 123 Å². The van der Waals surface area contributed by atoms with Gasteiger partial charge in [0.15, 0.2) is 11.5 Å². The number of rotatable bonds is 11. The van der Waals surface area contributed by atoms with Crippen molar-refractivity contribution in [2.45, 2.75) is 18.2 Å². The van der Waals surface area contributed by atoms with E-state index in [-0.39, 0.29) is 10.8 Å². The Morgan fingerprint density at radius 1 is 0.756 bits per heavy atom. The minimum Gasteiger partial charge on any atom is -0.493 e. The van der Waals surface area contributed by atoms with Gasteiger partial charge >= 0.3 is 0 Å². The first-order valence-corrected chi connectivity index (χ1v) is 14.3. The van der Waals surface area contributed by atoms with Gasteiger partial charge in [-0.25, -0.2) is 8.42 Å². The highest BCUT2D eigenvalue weighted by atomic mass is 32.2. The van der Waals surface area contributed by atoms with Gasteiger partial charge in [0.2, 0.25) is 0 Å². The van der Waals surface area contributed by atoms with Crippen molar-refractivity contribution in [3.05, 3.63) is 113 Å². The number of carbonyl (C=O) groups excluding carboxylic acids is 2. The molecule has 212 valence electrons. The van der Waals surface area contributed by atoms with Crippen LogP contribution in [-0.2, 0) is 16.4 Å². The lowest BCUT2D eigenvalue weighted by molar-refractivity contribution is 0.0955. The fourth-order valence-corrected chi connectivity index (χ4v) is 5.31. The summed E-state index contributed by atoms with van der Waals surface area (Å²) in [7, 11) is -0.634. The average molecular weight is 574 g/mol. The van der Waals surface area contributed by atoms with Gasteiger partial charge < -0.3 is 20.1 Å². The lowest BCUT2D eigenvalue weighted by atomic mass is 10.1. The van der Waals surface area contributed by atoms with Crippen LogP contribution in [0.4, 0.5) is 11.4 Å². The summed E-state index contributed by atoms with van der Waals surface area (Å²) in [6.07, 6.45) is 0.570. The van der Waals surface area contributed by atoms with E-state index in [0.717, 1.165) is 5.56 Å². The molecule has 0 bridgehead atoms. The number of hydrogen-bond donors (Lipinski definition) is 3. The van der Waals surface area contributed by atoms with Gasteiger partial charge in [0.1, 0.15) is 0 Å². The second kappa shape index (κ2) is 13.0. The first-order chi connectivity index (χ1) is 19.7. The van der Waals surface area contributed by atoms with Gasteiger partial charge in [-0.15, -0.1) is 0 Å². The van der Waals surface area contributed by atoms with Gasteiger partial charge in [-0.05, 0) is 79.1 Å². The Morgan fingerprint density at radius 3 is 2.17 bits per heavy atom. The summed E-state index contributed by atoms with van der Waals surface area (Å²) in [6.45, 7) is 2.08. The van der Waals surface area contributed by atoms with E-state index in [4.69, 9.17) is 9.47 Å². The second-order valence-electron chi connectivity index (χ2n) is 9.14. The van der Waals surface area contributed by atoms with Crippen LogP contribution in [0.2, 0.25) is 0 Å². The van der Waals surface area contributed by atoms with Gasteiger partial charge in [0, 0.05) is 12.1 Å². The molecular formula is C31H31N3O6S. The molecule has 0 aliphatic rings. The number of carbonyl (C=O) groups is 2. The first kappa shape index (κ1) is 29.2. The van der Waals surface area contributed by atoms with Gasteiger partial charge in [-0.3, -0.25) is 14.3 Å². The smallest absolute Gasteiger partial charge is 0.261 e. The van der Waals surface area contributed by atoms with Crippen LogP contribution >= 0.6 is 0 Å². The standard InChI is InChI=1S/C31H31N3O6S/c1-21-19-23(14-15-26(21)34-41(37,38)24-9-5-4-6-10-24)30(35)33-27-12-8-7-11-25(27)31(36)32-18-17-22-13-16-28(39-2)29(20-22)40-3/h4-16,19-20,34H,17-18H2,1-3H3,(H,32,36)(H,33,35). The van der Waals surface area contributed by atoms with Crippen LogP contribution in [0.1, 0.15) is 31.8 Å². The van der Waals surface area contributed by atoms with E-state index in [0.29, 0.717) is 52.5 Å². The van der Waals surface area contributed by atoms with E-state index in [2.05, 4.69) is 15.4 Å². The highest BCUT2D eigenvalue weighted by molar-refractivity contribution is 7.92. The predicted octanol–water partition coefficient (Wildman–Crippen LogP) is 5.04. The van der Waals surface area contributed by atoms with Crippen LogP contribution in [0.3, 0.4) is 0 Å². The molecule has 0 fully saturated rings. The zero-order valence-corrected chi connectivity index (χ0v) is 23.7. The lowest BCUT2D eigenvalue weighted by Gasteiger charge is -2.14. The maximum absolute atomic E-state index is 13.1. The first-order valence-electron chi connectivity index (χ1n) is 12.8. The summed E-state index contributed by atoms with van der Waals surface area (Å²) in [5.74, 6) is 0.476. The number of methoxy groups -OCH3 is 2. The Labute approximate surface area is 239 Å². The Balaban J connectivity index is 1.40. The summed E-state index contributed by atoms with van der Waals surface area (Å²) in [6, 6.07) is 25.0. The summed E-state index contributed by atoms with van der Waals surface area (Å²) in [4.78, 5) is 26.2. The molecule has 0 aliphatic heterocycles. The molecule has 41 heavy (non-hydrogen) atoms. The zero-order valence-electron chi connectivity index (χ0n) is 22.9. The van der Waals surface area contributed by atoms with Crippen molar-refractivity contribution in [2.75, 3.05) is 30.8 Å². The molecule has 0 saturated carbocycles. The highest BCUT2D eigenvalue weighted by Crippen LogP contribution is 2.28. The highest BCUT2D eigenvalue weighted by Gasteiger charge is 2.17.